The second kappa shape index (κ2) is 9.68. The molecule has 0 aliphatic heterocycles. The monoisotopic (exact) mass is 529 g/mol. The zero-order valence-corrected chi connectivity index (χ0v) is 19.1. The molecule has 14 heteroatoms. The molecular formula is C19H19BrF3N7O3. The predicted molar refractivity (Wildman–Crippen MR) is 116 cm³/mol. The molecule has 0 aliphatic rings. The summed E-state index contributed by atoms with van der Waals surface area (Å²) in [6.45, 7) is 4.78. The van der Waals surface area contributed by atoms with E-state index in [2.05, 4.69) is 48.0 Å². The molecule has 0 aromatic carbocycles. The van der Waals surface area contributed by atoms with Crippen molar-refractivity contribution in [2.75, 3.05) is 0 Å². The summed E-state index contributed by atoms with van der Waals surface area (Å²) in [5.74, 6) is -1.75. The molecule has 0 bridgehead atoms. The van der Waals surface area contributed by atoms with E-state index in [9.17, 15) is 18.0 Å². The summed E-state index contributed by atoms with van der Waals surface area (Å²) >= 11 is 3.34. The number of fused-ring (bicyclic) bond motifs is 2. The predicted octanol–water partition coefficient (Wildman–Crippen LogP) is 3.72. The number of imidazole rings is 1. The van der Waals surface area contributed by atoms with Gasteiger partial charge in [0, 0.05) is 24.0 Å². The molecule has 0 radical (unpaired) electrons. The minimum Gasteiger partial charge on any atom is -0.475 e. The topological polar surface area (TPSA) is 131 Å². The third-order valence-corrected chi connectivity index (χ3v) is 4.97. The minimum atomic E-state index is -5.08. The number of carboxylic acids is 1. The van der Waals surface area contributed by atoms with Crippen LogP contribution in [0.25, 0.3) is 28.3 Å². The lowest BCUT2D eigenvalue weighted by molar-refractivity contribution is -0.192. The van der Waals surface area contributed by atoms with Gasteiger partial charge < -0.3 is 10.1 Å². The number of carboxylic acid groups (broad SMARTS) is 1. The Morgan fingerprint density at radius 3 is 2.58 bits per heavy atom. The molecule has 0 atom stereocenters. The standard InChI is InChI=1S/C17H18BrN7O.C2HF3O2/c1-3-4-5-8-24-14-12(20-16(18)21-14)15(26)25-13(22-23-17(24)25)11-6-7-19-10(2)9-11;3-2(4,5)1(6)7/h6-7,9H,3-5,8H2,1-2H3,(H,20,21);(H,6,7). The Morgan fingerprint density at radius 1 is 1.27 bits per heavy atom. The molecule has 0 unspecified atom stereocenters. The van der Waals surface area contributed by atoms with Crippen LogP contribution in [0.3, 0.4) is 0 Å². The molecule has 10 nitrogen and oxygen atoms in total. The number of aryl methyl sites for hydroxylation is 2. The number of carbonyl (C=O) groups is 1. The molecule has 2 N–H and O–H groups in total. The number of nitrogens with zero attached hydrogens (tertiary/aromatic N) is 6. The molecule has 0 amide bonds. The van der Waals surface area contributed by atoms with Crippen molar-refractivity contribution in [2.24, 2.45) is 0 Å². The highest BCUT2D eigenvalue weighted by atomic mass is 79.9. The largest absolute Gasteiger partial charge is 0.490 e. The van der Waals surface area contributed by atoms with E-state index in [0.29, 0.717) is 27.5 Å². The third-order valence-electron chi connectivity index (χ3n) is 4.60. The van der Waals surface area contributed by atoms with Gasteiger partial charge in [0.25, 0.3) is 5.56 Å². The normalized spacial score (nSPS) is 11.6. The van der Waals surface area contributed by atoms with Crippen LogP contribution in [-0.2, 0) is 11.3 Å². The number of pyridine rings is 1. The van der Waals surface area contributed by atoms with Gasteiger partial charge in [0.1, 0.15) is 0 Å². The van der Waals surface area contributed by atoms with Crippen LogP contribution in [0.15, 0.2) is 27.9 Å². The van der Waals surface area contributed by atoms with Crippen molar-refractivity contribution in [1.29, 1.82) is 0 Å². The van der Waals surface area contributed by atoms with Gasteiger partial charge in [0.05, 0.1) is 0 Å². The molecule has 33 heavy (non-hydrogen) atoms. The molecule has 0 aliphatic carbocycles. The van der Waals surface area contributed by atoms with E-state index in [0.717, 1.165) is 37.1 Å². The first kappa shape index (κ1) is 24.4. The number of aromatic amines is 1. The van der Waals surface area contributed by atoms with Crippen LogP contribution in [0.4, 0.5) is 13.2 Å². The molecular weight excluding hydrogens is 511 g/mol. The maximum absolute atomic E-state index is 13.1. The van der Waals surface area contributed by atoms with Crippen molar-refractivity contribution >= 4 is 38.8 Å². The van der Waals surface area contributed by atoms with Gasteiger partial charge >= 0.3 is 12.1 Å². The van der Waals surface area contributed by atoms with Gasteiger partial charge in [0.15, 0.2) is 21.7 Å². The molecule has 4 aromatic heterocycles. The smallest absolute Gasteiger partial charge is 0.475 e. The molecule has 4 heterocycles. The van der Waals surface area contributed by atoms with E-state index in [-0.39, 0.29) is 5.56 Å². The van der Waals surface area contributed by atoms with E-state index in [1.54, 1.807) is 10.6 Å². The summed E-state index contributed by atoms with van der Waals surface area (Å²) < 4.78 is 35.8. The van der Waals surface area contributed by atoms with Gasteiger partial charge in [-0.05, 0) is 41.4 Å². The highest BCUT2D eigenvalue weighted by Crippen LogP contribution is 2.21. The van der Waals surface area contributed by atoms with Gasteiger partial charge in [-0.25, -0.2) is 14.2 Å². The Morgan fingerprint density at radius 2 is 1.97 bits per heavy atom. The van der Waals surface area contributed by atoms with Crippen molar-refractivity contribution in [3.8, 4) is 11.4 Å². The Bertz CT molecular complexity index is 1360. The average molecular weight is 530 g/mol. The van der Waals surface area contributed by atoms with Gasteiger partial charge in [-0.3, -0.25) is 14.3 Å². The average Bonchev–Trinajstić information content (AvgIpc) is 3.34. The summed E-state index contributed by atoms with van der Waals surface area (Å²) in [6, 6.07) is 3.72. The lowest BCUT2D eigenvalue weighted by Gasteiger charge is -2.09. The maximum Gasteiger partial charge on any atom is 0.490 e. The number of aromatic nitrogens is 7. The highest BCUT2D eigenvalue weighted by molar-refractivity contribution is 9.10. The molecule has 4 aromatic rings. The molecule has 0 saturated heterocycles. The summed E-state index contributed by atoms with van der Waals surface area (Å²) in [4.78, 5) is 33.6. The number of halogens is 4. The Kier molecular flexibility index (Phi) is 7.15. The first-order valence-electron chi connectivity index (χ1n) is 9.80. The number of unbranched alkanes of at least 4 members (excludes halogenated alkanes) is 2. The van der Waals surface area contributed by atoms with Gasteiger partial charge in [-0.2, -0.15) is 13.2 Å². The lowest BCUT2D eigenvalue weighted by atomic mass is 10.2. The molecule has 4 rings (SSSR count). The third kappa shape index (κ3) is 5.21. The Hall–Kier alpha value is -3.29. The van der Waals surface area contributed by atoms with Crippen LogP contribution in [-0.4, -0.2) is 51.4 Å². The second-order valence-electron chi connectivity index (χ2n) is 7.04. The van der Waals surface area contributed by atoms with Crippen LogP contribution < -0.4 is 5.56 Å². The highest BCUT2D eigenvalue weighted by Gasteiger charge is 2.38. The molecule has 176 valence electrons. The first-order valence-corrected chi connectivity index (χ1v) is 10.6. The van der Waals surface area contributed by atoms with Crippen LogP contribution in [0.2, 0.25) is 0 Å². The number of H-pyrrole nitrogens is 1. The zero-order valence-electron chi connectivity index (χ0n) is 17.5. The minimum absolute atomic E-state index is 0.214. The Balaban J connectivity index is 0.000000383. The number of rotatable bonds is 5. The summed E-state index contributed by atoms with van der Waals surface area (Å²) in [5, 5.41) is 15.7. The van der Waals surface area contributed by atoms with Crippen molar-refractivity contribution in [3.05, 3.63) is 39.1 Å². The SMILES string of the molecule is CCCCCn1c2nc(Br)[nH]c2c(=O)n2c(-c3ccnc(C)c3)nnc12.O=C(O)C(F)(F)F. The van der Waals surface area contributed by atoms with Crippen molar-refractivity contribution < 1.29 is 23.1 Å². The first-order chi connectivity index (χ1) is 15.5. The molecule has 0 spiro atoms. The van der Waals surface area contributed by atoms with Crippen LogP contribution in [0.1, 0.15) is 31.9 Å². The quantitative estimate of drug-likeness (QED) is 0.297. The van der Waals surface area contributed by atoms with Gasteiger partial charge in [0.2, 0.25) is 5.78 Å². The number of hydrogen-bond donors (Lipinski definition) is 2. The lowest BCUT2D eigenvalue weighted by Crippen LogP contribution is -2.21. The summed E-state index contributed by atoms with van der Waals surface area (Å²) in [7, 11) is 0. The molecule has 0 fully saturated rings. The van der Waals surface area contributed by atoms with Gasteiger partial charge in [-0.15, -0.1) is 10.2 Å². The van der Waals surface area contributed by atoms with Crippen LogP contribution in [0.5, 0.6) is 0 Å². The van der Waals surface area contributed by atoms with Crippen LogP contribution >= 0.6 is 15.9 Å². The summed E-state index contributed by atoms with van der Waals surface area (Å²) in [5.41, 5.74) is 2.48. The van der Waals surface area contributed by atoms with E-state index in [1.165, 1.54) is 0 Å². The van der Waals surface area contributed by atoms with Crippen LogP contribution in [0, 0.1) is 6.92 Å². The van der Waals surface area contributed by atoms with E-state index >= 15 is 0 Å². The summed E-state index contributed by atoms with van der Waals surface area (Å²) in [6.07, 6.45) is -0.198. The number of alkyl halides is 3. The zero-order chi connectivity index (χ0) is 24.3. The van der Waals surface area contributed by atoms with E-state index in [1.807, 2.05) is 23.6 Å². The number of nitrogens with one attached hydrogen (secondary N) is 1. The van der Waals surface area contributed by atoms with Gasteiger partial charge in [-0.1, -0.05) is 19.8 Å². The van der Waals surface area contributed by atoms with Crippen molar-refractivity contribution in [1.82, 2.24) is 34.1 Å². The van der Waals surface area contributed by atoms with E-state index < -0.39 is 12.1 Å². The fraction of sp³-hybridized carbons (Fsp3) is 0.368. The van der Waals surface area contributed by atoms with E-state index in [4.69, 9.17) is 9.90 Å². The maximum atomic E-state index is 13.1. The fourth-order valence-corrected chi connectivity index (χ4v) is 3.49. The second-order valence-corrected chi connectivity index (χ2v) is 7.79. The fourth-order valence-electron chi connectivity index (χ4n) is 3.12. The van der Waals surface area contributed by atoms with Crippen molar-refractivity contribution in [3.63, 3.8) is 0 Å². The Labute approximate surface area is 192 Å². The number of hydrogen-bond acceptors (Lipinski definition) is 6. The number of aliphatic carboxylic acids is 1. The molecule has 0 saturated carbocycles. The van der Waals surface area contributed by atoms with Crippen molar-refractivity contribution in [2.45, 2.75) is 45.8 Å².